The Bertz CT molecular complexity index is 2350. The lowest BCUT2D eigenvalue weighted by Crippen LogP contribution is -2.44. The number of rotatable bonds is 15. The monoisotopic (exact) mass is 842 g/mol. The Morgan fingerprint density at radius 1 is 0.902 bits per heavy atom. The molecule has 0 bridgehead atoms. The van der Waals surface area contributed by atoms with Gasteiger partial charge in [0.15, 0.2) is 11.5 Å². The summed E-state index contributed by atoms with van der Waals surface area (Å²) < 4.78 is 31.2. The summed E-state index contributed by atoms with van der Waals surface area (Å²) in [6.07, 6.45) is 7.12. The molecule has 4 aromatic carbocycles. The number of nitrogens with zero attached hydrogens (tertiary/aromatic N) is 4. The largest absolute Gasteiger partial charge is 0.488 e. The number of aliphatic hydroxyl groups excluding tert-OH is 1. The number of fused-ring (bicyclic) bond motifs is 1. The molecule has 2 fully saturated rings. The van der Waals surface area contributed by atoms with Crippen molar-refractivity contribution in [3.63, 3.8) is 0 Å². The Labute approximate surface area is 362 Å². The molecular weight excluding hydrogens is 792 g/mol. The van der Waals surface area contributed by atoms with Crippen LogP contribution >= 0.6 is 11.6 Å². The highest BCUT2D eigenvalue weighted by atomic mass is 35.5. The van der Waals surface area contributed by atoms with Crippen molar-refractivity contribution < 1.29 is 33.6 Å². The van der Waals surface area contributed by atoms with E-state index in [1.807, 2.05) is 66.7 Å². The van der Waals surface area contributed by atoms with Gasteiger partial charge < -0.3 is 33.7 Å². The molecule has 0 aliphatic carbocycles. The molecule has 3 aliphatic heterocycles. The van der Waals surface area contributed by atoms with Crippen LogP contribution in [0.25, 0.3) is 11.1 Å². The first-order valence-corrected chi connectivity index (χ1v) is 21.5. The Morgan fingerprint density at radius 2 is 1.77 bits per heavy atom. The Morgan fingerprint density at radius 3 is 2.61 bits per heavy atom. The zero-order chi connectivity index (χ0) is 42.1. The normalized spacial score (nSPS) is 19.0. The zero-order valence-electron chi connectivity index (χ0n) is 34.4. The summed E-state index contributed by atoms with van der Waals surface area (Å²) in [7, 11) is 0. The maximum Gasteiger partial charge on any atom is 0.323 e. The molecule has 3 aliphatic rings. The molecule has 61 heavy (non-hydrogen) atoms. The first-order chi connectivity index (χ1) is 29.8. The number of halogens is 1. The highest BCUT2D eigenvalue weighted by Gasteiger charge is 2.31. The number of piperidine rings is 1. The third-order valence-electron chi connectivity index (χ3n) is 11.7. The third-order valence-corrected chi connectivity index (χ3v) is 12.0. The van der Waals surface area contributed by atoms with Gasteiger partial charge in [0.05, 0.1) is 16.7 Å². The van der Waals surface area contributed by atoms with Crippen LogP contribution in [0.4, 0.5) is 0 Å². The Balaban J connectivity index is 0.982. The van der Waals surface area contributed by atoms with Crippen LogP contribution in [-0.4, -0.2) is 76.9 Å². The number of benzene rings is 4. The van der Waals surface area contributed by atoms with E-state index in [0.29, 0.717) is 48.2 Å². The smallest absolute Gasteiger partial charge is 0.323 e. The van der Waals surface area contributed by atoms with E-state index in [1.54, 1.807) is 12.3 Å². The Hall–Kier alpha value is -5.64. The van der Waals surface area contributed by atoms with E-state index in [-0.39, 0.29) is 38.0 Å². The molecule has 4 heterocycles. The maximum absolute atomic E-state index is 13.5. The van der Waals surface area contributed by atoms with E-state index in [4.69, 9.17) is 35.3 Å². The number of esters is 1. The Kier molecular flexibility index (Phi) is 13.7. The number of pyridine rings is 1. The second-order valence-corrected chi connectivity index (χ2v) is 16.5. The molecule has 0 amide bonds. The first kappa shape index (κ1) is 42.1. The fourth-order valence-corrected chi connectivity index (χ4v) is 8.54. The van der Waals surface area contributed by atoms with E-state index in [1.165, 1.54) is 6.20 Å². The lowest BCUT2D eigenvalue weighted by atomic mass is 9.96. The number of β-amino-alcohol motifs (C(OH)–C–C–N with tert-alkyl or cyclic N) is 1. The summed E-state index contributed by atoms with van der Waals surface area (Å²) in [6, 6.07) is 29.1. The van der Waals surface area contributed by atoms with Gasteiger partial charge in [-0.25, -0.2) is 0 Å². The first-order valence-electron chi connectivity index (χ1n) is 21.1. The molecular formula is C49H51ClN4O7. The standard InChI is InChI=1S/C49H51ClN4O7/c1-33-38(10-7-11-42(33)37-13-14-45-48(22-37)61-41(32-59-45)16-19-53-18-15-40(55)28-53)31-58-47-23-46(57-30-36-20-35(24-51)25-52-26-36)39(21-43(47)50)27-54-17-6-5-12-44(54)49(56)60-29-34-8-3-2-4-9-34/h2-4,7-11,13-14,20-23,25-26,40-41,44,55H,5-6,12,15-19,27-32H2,1H3/t40-,41?,44+/m1/s1. The van der Waals surface area contributed by atoms with E-state index in [9.17, 15) is 15.2 Å². The van der Waals surface area contributed by atoms with Crippen LogP contribution in [0.5, 0.6) is 23.0 Å². The van der Waals surface area contributed by atoms with Crippen LogP contribution < -0.4 is 18.9 Å². The van der Waals surface area contributed by atoms with Crippen LogP contribution in [0.2, 0.25) is 5.02 Å². The van der Waals surface area contributed by atoms with Gasteiger partial charge in [0.1, 0.15) is 56.1 Å². The van der Waals surface area contributed by atoms with E-state index >= 15 is 0 Å². The van der Waals surface area contributed by atoms with Crippen molar-refractivity contribution >= 4 is 17.6 Å². The van der Waals surface area contributed by atoms with Crippen LogP contribution in [0, 0.1) is 18.3 Å². The lowest BCUT2D eigenvalue weighted by molar-refractivity contribution is -0.153. The number of aromatic nitrogens is 1. The van der Waals surface area contributed by atoms with Crippen molar-refractivity contribution in [2.75, 3.05) is 32.8 Å². The van der Waals surface area contributed by atoms with Crippen LogP contribution in [0.15, 0.2) is 97.3 Å². The predicted octanol–water partition coefficient (Wildman–Crippen LogP) is 8.43. The number of hydrogen-bond acceptors (Lipinski definition) is 11. The van der Waals surface area contributed by atoms with Crippen LogP contribution in [0.3, 0.4) is 0 Å². The molecule has 12 heteroatoms. The minimum absolute atomic E-state index is 0.0616. The molecule has 0 radical (unpaired) electrons. The number of likely N-dealkylation sites (tertiary alicyclic amines) is 2. The molecule has 2 saturated heterocycles. The lowest BCUT2D eigenvalue weighted by Gasteiger charge is -2.34. The summed E-state index contributed by atoms with van der Waals surface area (Å²) in [5, 5.41) is 19.8. The zero-order valence-corrected chi connectivity index (χ0v) is 35.2. The molecule has 1 N–H and O–H groups in total. The van der Waals surface area contributed by atoms with Crippen molar-refractivity contribution in [1.29, 1.82) is 5.26 Å². The molecule has 1 aromatic heterocycles. The summed E-state index contributed by atoms with van der Waals surface area (Å²) in [5.41, 5.74) is 7.05. The maximum atomic E-state index is 13.5. The molecule has 11 nitrogen and oxygen atoms in total. The van der Waals surface area contributed by atoms with Gasteiger partial charge >= 0.3 is 5.97 Å². The summed E-state index contributed by atoms with van der Waals surface area (Å²) in [5.74, 6) is 2.23. The quantitative estimate of drug-likeness (QED) is 0.102. The fraction of sp³-hybridized carbons (Fsp3) is 0.367. The van der Waals surface area contributed by atoms with E-state index < -0.39 is 6.04 Å². The number of aliphatic hydroxyl groups is 1. The van der Waals surface area contributed by atoms with Crippen LogP contribution in [0.1, 0.15) is 65.5 Å². The second kappa shape index (κ2) is 19.8. The summed E-state index contributed by atoms with van der Waals surface area (Å²) >= 11 is 6.99. The van der Waals surface area contributed by atoms with Gasteiger partial charge in [0, 0.05) is 62.2 Å². The predicted molar refractivity (Wildman–Crippen MR) is 232 cm³/mol. The highest BCUT2D eigenvalue weighted by molar-refractivity contribution is 6.32. The molecule has 8 rings (SSSR count). The van der Waals surface area contributed by atoms with E-state index in [2.05, 4.69) is 39.9 Å². The molecule has 1 unspecified atom stereocenters. The molecule has 3 atom stereocenters. The number of ether oxygens (including phenoxy) is 5. The van der Waals surface area contributed by atoms with Crippen LogP contribution in [-0.2, 0) is 35.9 Å². The van der Waals surface area contributed by atoms with E-state index in [0.717, 1.165) is 95.8 Å². The second-order valence-electron chi connectivity index (χ2n) is 16.1. The van der Waals surface area contributed by atoms with Gasteiger partial charge in [-0.15, -0.1) is 0 Å². The molecule has 316 valence electrons. The average Bonchev–Trinajstić information content (AvgIpc) is 3.72. The van der Waals surface area contributed by atoms with Crippen molar-refractivity contribution in [1.82, 2.24) is 14.8 Å². The molecule has 0 saturated carbocycles. The molecule has 5 aromatic rings. The molecule has 0 spiro atoms. The fourth-order valence-electron chi connectivity index (χ4n) is 8.30. The van der Waals surface area contributed by atoms with Crippen molar-refractivity contribution in [2.24, 2.45) is 0 Å². The number of nitriles is 1. The average molecular weight is 843 g/mol. The number of carbonyl (C=O) groups is 1. The summed E-state index contributed by atoms with van der Waals surface area (Å²) in [4.78, 5) is 22.1. The third kappa shape index (κ3) is 10.6. The SMILES string of the molecule is Cc1c(COc2cc(OCc3cncc(C#N)c3)c(CN3CCCC[C@H]3C(=O)OCc3ccccc3)cc2Cl)cccc1-c1ccc2c(c1)OC(CCN1CC[C@@H](O)C1)CO2. The van der Waals surface area contributed by atoms with Crippen molar-refractivity contribution in [2.45, 2.75) is 83.6 Å². The van der Waals surface area contributed by atoms with Gasteiger partial charge in [-0.2, -0.15) is 5.26 Å². The van der Waals surface area contributed by atoms with Gasteiger partial charge in [-0.1, -0.05) is 72.6 Å². The highest BCUT2D eigenvalue weighted by Crippen LogP contribution is 2.39. The van der Waals surface area contributed by atoms with Gasteiger partial charge in [-0.3, -0.25) is 14.7 Å². The van der Waals surface area contributed by atoms with Gasteiger partial charge in [0.2, 0.25) is 0 Å². The van der Waals surface area contributed by atoms with Gasteiger partial charge in [-0.05, 0) is 84.8 Å². The van der Waals surface area contributed by atoms with Crippen molar-refractivity contribution in [3.05, 3.63) is 136 Å². The van der Waals surface area contributed by atoms with Crippen molar-refractivity contribution in [3.8, 4) is 40.2 Å². The number of hydrogen-bond donors (Lipinski definition) is 1. The number of carbonyl (C=O) groups excluding carboxylic acids is 1. The topological polar surface area (TPSA) is 127 Å². The van der Waals surface area contributed by atoms with Gasteiger partial charge in [0.25, 0.3) is 0 Å². The minimum Gasteiger partial charge on any atom is -0.488 e. The summed E-state index contributed by atoms with van der Waals surface area (Å²) in [6.45, 7) is 6.84. The minimum atomic E-state index is -0.405.